The summed E-state index contributed by atoms with van der Waals surface area (Å²) < 4.78 is 4.65. The van der Waals surface area contributed by atoms with Crippen molar-refractivity contribution in [3.05, 3.63) is 52.2 Å². The number of hydrogen-bond acceptors (Lipinski definition) is 7. The average Bonchev–Trinajstić information content (AvgIpc) is 3.31. The molecule has 3 heterocycles. The molecule has 25 heavy (non-hydrogen) atoms. The summed E-state index contributed by atoms with van der Waals surface area (Å²) in [5.41, 5.74) is 1.03. The van der Waals surface area contributed by atoms with E-state index in [2.05, 4.69) is 32.8 Å². The average molecular weight is 372 g/mol. The van der Waals surface area contributed by atoms with Crippen molar-refractivity contribution in [2.75, 3.05) is 0 Å². The molecule has 0 aliphatic rings. The number of fused-ring (bicyclic) bond motifs is 1. The Hall–Kier alpha value is -2.72. The molecular formula is C15H12N6O2S2. The number of thiophene rings is 1. The molecule has 4 rings (SSSR count). The first kappa shape index (κ1) is 15.8. The Labute approximate surface area is 150 Å². The van der Waals surface area contributed by atoms with Crippen LogP contribution in [0, 0.1) is 10.1 Å². The molecule has 3 aromatic heterocycles. The third-order valence-corrected chi connectivity index (χ3v) is 5.68. The summed E-state index contributed by atoms with van der Waals surface area (Å²) >= 11 is 3.10. The van der Waals surface area contributed by atoms with E-state index in [1.807, 2.05) is 23.7 Å². The van der Waals surface area contributed by atoms with Gasteiger partial charge in [-0.2, -0.15) is 5.10 Å². The van der Waals surface area contributed by atoms with E-state index in [-0.39, 0.29) is 5.69 Å². The highest BCUT2D eigenvalue weighted by Crippen LogP contribution is 2.33. The molecule has 0 bridgehead atoms. The van der Waals surface area contributed by atoms with E-state index in [9.17, 15) is 10.1 Å². The first-order chi connectivity index (χ1) is 12.1. The van der Waals surface area contributed by atoms with Crippen molar-refractivity contribution in [3.8, 4) is 11.4 Å². The van der Waals surface area contributed by atoms with Crippen LogP contribution >= 0.6 is 23.1 Å². The Morgan fingerprint density at radius 3 is 2.96 bits per heavy atom. The maximum absolute atomic E-state index is 10.7. The molecule has 8 nitrogen and oxygen atoms in total. The number of aromatic nitrogens is 5. The van der Waals surface area contributed by atoms with Gasteiger partial charge in [0.25, 0.3) is 0 Å². The minimum absolute atomic E-state index is 0.0241. The normalized spacial score (nSPS) is 11.2. The molecule has 0 aliphatic carbocycles. The Morgan fingerprint density at radius 2 is 2.16 bits per heavy atom. The molecule has 0 saturated heterocycles. The van der Waals surface area contributed by atoms with Crippen LogP contribution in [-0.2, 0) is 12.9 Å². The second kappa shape index (κ2) is 6.30. The largest absolute Gasteiger partial charge is 0.307 e. The first-order valence-corrected chi connectivity index (χ1v) is 9.15. The molecule has 126 valence electrons. The fourth-order valence-electron chi connectivity index (χ4n) is 2.47. The Kier molecular flexibility index (Phi) is 3.98. The Balaban J connectivity index is 1.57. The van der Waals surface area contributed by atoms with Crippen molar-refractivity contribution in [1.82, 2.24) is 24.5 Å². The second-order valence-corrected chi connectivity index (χ2v) is 7.10. The predicted octanol–water partition coefficient (Wildman–Crippen LogP) is 3.55. The molecule has 0 fully saturated rings. The summed E-state index contributed by atoms with van der Waals surface area (Å²) in [4.78, 5) is 10.2. The zero-order valence-electron chi connectivity index (χ0n) is 13.1. The molecule has 0 aliphatic heterocycles. The number of nitro groups is 1. The summed E-state index contributed by atoms with van der Waals surface area (Å²) in [6.45, 7) is 0. The van der Waals surface area contributed by atoms with Crippen molar-refractivity contribution in [2.24, 2.45) is 7.05 Å². The van der Waals surface area contributed by atoms with Gasteiger partial charge in [0.2, 0.25) is 0 Å². The van der Waals surface area contributed by atoms with Crippen molar-refractivity contribution in [2.45, 2.75) is 11.0 Å². The molecule has 4 aromatic rings. The third kappa shape index (κ3) is 2.89. The van der Waals surface area contributed by atoms with Crippen molar-refractivity contribution >= 4 is 38.9 Å². The zero-order chi connectivity index (χ0) is 17.4. The SMILES string of the molecule is Cn1c(SCn2cc([N+](=O)[O-])cn2)nnc1-c1csc2ccccc12. The Bertz CT molecular complexity index is 1070. The summed E-state index contributed by atoms with van der Waals surface area (Å²) in [5, 5.41) is 27.2. The summed E-state index contributed by atoms with van der Waals surface area (Å²) in [6, 6.07) is 8.19. The maximum Gasteiger partial charge on any atom is 0.307 e. The van der Waals surface area contributed by atoms with Crippen LogP contribution in [0.3, 0.4) is 0 Å². The van der Waals surface area contributed by atoms with E-state index in [1.54, 1.807) is 11.3 Å². The molecule has 0 atom stereocenters. The standard InChI is InChI=1S/C15H12N6O2S2/c1-19-14(12-8-24-13-5-3-2-4-11(12)13)17-18-15(19)25-9-20-7-10(6-16-20)21(22)23/h2-8H,9H2,1H3. The molecule has 0 spiro atoms. The molecule has 0 amide bonds. The van der Waals surface area contributed by atoms with Gasteiger partial charge in [0.05, 0.1) is 10.8 Å². The highest BCUT2D eigenvalue weighted by atomic mass is 32.2. The summed E-state index contributed by atoms with van der Waals surface area (Å²) in [7, 11) is 1.91. The van der Waals surface area contributed by atoms with Crippen LogP contribution in [0.2, 0.25) is 0 Å². The maximum atomic E-state index is 10.7. The zero-order valence-corrected chi connectivity index (χ0v) is 14.7. The fraction of sp³-hybridized carbons (Fsp3) is 0.133. The predicted molar refractivity (Wildman–Crippen MR) is 96.6 cm³/mol. The van der Waals surface area contributed by atoms with Crippen LogP contribution in [0.25, 0.3) is 21.5 Å². The van der Waals surface area contributed by atoms with Crippen LogP contribution in [0.4, 0.5) is 5.69 Å². The van der Waals surface area contributed by atoms with E-state index in [0.29, 0.717) is 5.88 Å². The molecule has 10 heteroatoms. The molecule has 0 radical (unpaired) electrons. The van der Waals surface area contributed by atoms with Gasteiger partial charge < -0.3 is 4.57 Å². The van der Waals surface area contributed by atoms with Gasteiger partial charge in [-0.3, -0.25) is 14.8 Å². The number of thioether (sulfide) groups is 1. The van der Waals surface area contributed by atoms with Gasteiger partial charge in [-0.05, 0) is 6.07 Å². The lowest BCUT2D eigenvalue weighted by Gasteiger charge is -2.03. The number of benzene rings is 1. The van der Waals surface area contributed by atoms with E-state index in [4.69, 9.17) is 0 Å². The van der Waals surface area contributed by atoms with E-state index in [0.717, 1.165) is 21.9 Å². The van der Waals surface area contributed by atoms with Gasteiger partial charge in [0.1, 0.15) is 12.4 Å². The van der Waals surface area contributed by atoms with E-state index < -0.39 is 4.92 Å². The lowest BCUT2D eigenvalue weighted by molar-refractivity contribution is -0.385. The minimum atomic E-state index is -0.462. The number of rotatable bonds is 5. The van der Waals surface area contributed by atoms with Crippen molar-refractivity contribution in [3.63, 3.8) is 0 Å². The van der Waals surface area contributed by atoms with Crippen LogP contribution in [0.15, 0.2) is 47.2 Å². The fourth-order valence-corrected chi connectivity index (χ4v) is 4.17. The van der Waals surface area contributed by atoms with Crippen LogP contribution < -0.4 is 0 Å². The second-order valence-electron chi connectivity index (χ2n) is 5.28. The highest BCUT2D eigenvalue weighted by Gasteiger charge is 2.16. The van der Waals surface area contributed by atoms with Gasteiger partial charge in [-0.25, -0.2) is 0 Å². The third-order valence-electron chi connectivity index (χ3n) is 3.71. The molecule has 0 unspecified atom stereocenters. The minimum Gasteiger partial charge on any atom is -0.305 e. The van der Waals surface area contributed by atoms with Gasteiger partial charge >= 0.3 is 5.69 Å². The molecule has 0 N–H and O–H groups in total. The first-order valence-electron chi connectivity index (χ1n) is 7.29. The van der Waals surface area contributed by atoms with Crippen LogP contribution in [-0.4, -0.2) is 29.5 Å². The quantitative estimate of drug-likeness (QED) is 0.302. The highest BCUT2D eigenvalue weighted by molar-refractivity contribution is 7.98. The lowest BCUT2D eigenvalue weighted by atomic mass is 10.2. The van der Waals surface area contributed by atoms with Gasteiger partial charge in [0.15, 0.2) is 11.0 Å². The number of nitrogens with zero attached hydrogens (tertiary/aromatic N) is 6. The van der Waals surface area contributed by atoms with Crippen LogP contribution in [0.5, 0.6) is 0 Å². The summed E-state index contributed by atoms with van der Waals surface area (Å²) in [5.74, 6) is 1.22. The smallest absolute Gasteiger partial charge is 0.305 e. The van der Waals surface area contributed by atoms with E-state index >= 15 is 0 Å². The Morgan fingerprint density at radius 1 is 1.32 bits per heavy atom. The van der Waals surface area contributed by atoms with Gasteiger partial charge in [0, 0.05) is 28.1 Å². The molecule has 0 saturated carbocycles. The molecular weight excluding hydrogens is 360 g/mol. The van der Waals surface area contributed by atoms with Crippen LogP contribution in [0.1, 0.15) is 0 Å². The van der Waals surface area contributed by atoms with Crippen molar-refractivity contribution in [1.29, 1.82) is 0 Å². The van der Waals surface area contributed by atoms with Crippen molar-refractivity contribution < 1.29 is 4.92 Å². The lowest BCUT2D eigenvalue weighted by Crippen LogP contribution is -1.98. The monoisotopic (exact) mass is 372 g/mol. The topological polar surface area (TPSA) is 91.7 Å². The number of hydrogen-bond donors (Lipinski definition) is 0. The van der Waals surface area contributed by atoms with Gasteiger partial charge in [-0.15, -0.1) is 21.5 Å². The van der Waals surface area contributed by atoms with E-state index in [1.165, 1.54) is 33.5 Å². The van der Waals surface area contributed by atoms with Gasteiger partial charge in [-0.1, -0.05) is 30.0 Å². The molecule has 1 aromatic carbocycles. The summed E-state index contributed by atoms with van der Waals surface area (Å²) in [6.07, 6.45) is 2.64.